The van der Waals surface area contributed by atoms with Gasteiger partial charge >= 0.3 is 0 Å². The summed E-state index contributed by atoms with van der Waals surface area (Å²) in [5, 5.41) is 3.65. The predicted octanol–water partition coefficient (Wildman–Crippen LogP) is 3.94. The van der Waals surface area contributed by atoms with Crippen molar-refractivity contribution in [3.63, 3.8) is 0 Å². The van der Waals surface area contributed by atoms with Crippen molar-refractivity contribution in [3.8, 4) is 0 Å². The zero-order valence-corrected chi connectivity index (χ0v) is 12.1. The highest BCUT2D eigenvalue weighted by Crippen LogP contribution is 2.40. The van der Waals surface area contributed by atoms with E-state index in [0.29, 0.717) is 4.75 Å². The Morgan fingerprint density at radius 2 is 2.28 bits per heavy atom. The van der Waals surface area contributed by atoms with Crippen LogP contribution in [0.4, 0.5) is 0 Å². The van der Waals surface area contributed by atoms with Crippen LogP contribution >= 0.6 is 11.8 Å². The fourth-order valence-electron chi connectivity index (χ4n) is 2.82. The molecular formula is C16H23NS. The minimum absolute atomic E-state index is 0.480. The summed E-state index contributed by atoms with van der Waals surface area (Å²) in [6.07, 6.45) is 5.55. The van der Waals surface area contributed by atoms with Crippen LogP contribution in [0.15, 0.2) is 24.3 Å². The van der Waals surface area contributed by atoms with Crippen molar-refractivity contribution >= 4 is 11.8 Å². The van der Waals surface area contributed by atoms with Crippen LogP contribution in [-0.2, 0) is 6.54 Å². The molecule has 1 saturated carbocycles. The largest absolute Gasteiger partial charge is 0.311 e. The maximum Gasteiger partial charge on any atom is 0.0256 e. The second-order valence-electron chi connectivity index (χ2n) is 6.02. The number of hydrogen-bond acceptors (Lipinski definition) is 2. The van der Waals surface area contributed by atoms with Crippen LogP contribution in [0.5, 0.6) is 0 Å². The first-order valence-electron chi connectivity index (χ1n) is 7.19. The molecule has 0 spiro atoms. The molecule has 1 N–H and O–H groups in total. The molecule has 3 rings (SSSR count). The summed E-state index contributed by atoms with van der Waals surface area (Å²) in [6.45, 7) is 4.57. The molecule has 1 aliphatic heterocycles. The number of thioether (sulfide) groups is 1. The van der Waals surface area contributed by atoms with E-state index in [1.807, 2.05) is 0 Å². The third-order valence-corrected chi connectivity index (χ3v) is 5.67. The van der Waals surface area contributed by atoms with Crippen molar-refractivity contribution < 1.29 is 0 Å². The van der Waals surface area contributed by atoms with E-state index in [1.165, 1.54) is 37.0 Å². The molecule has 0 radical (unpaired) electrons. The first-order valence-corrected chi connectivity index (χ1v) is 8.17. The SMILES string of the molecule is CC1(CNCc2cccc(C3CC3)c2)CCCS1. The Labute approximate surface area is 115 Å². The van der Waals surface area contributed by atoms with E-state index >= 15 is 0 Å². The molecule has 1 unspecified atom stereocenters. The van der Waals surface area contributed by atoms with Gasteiger partial charge in [0, 0.05) is 17.8 Å². The first-order chi connectivity index (χ1) is 8.75. The number of nitrogens with one attached hydrogen (secondary N) is 1. The molecule has 2 aliphatic rings. The van der Waals surface area contributed by atoms with Crippen LogP contribution in [-0.4, -0.2) is 17.0 Å². The molecule has 0 bridgehead atoms. The van der Waals surface area contributed by atoms with Gasteiger partial charge in [0.15, 0.2) is 0 Å². The van der Waals surface area contributed by atoms with Crippen LogP contribution in [0.25, 0.3) is 0 Å². The Balaban J connectivity index is 1.51. The first kappa shape index (κ1) is 12.6. The van der Waals surface area contributed by atoms with E-state index in [2.05, 4.69) is 48.3 Å². The van der Waals surface area contributed by atoms with Crippen LogP contribution in [0, 0.1) is 0 Å². The molecule has 1 saturated heterocycles. The Morgan fingerprint density at radius 1 is 1.39 bits per heavy atom. The zero-order valence-electron chi connectivity index (χ0n) is 11.2. The van der Waals surface area contributed by atoms with Gasteiger partial charge in [-0.1, -0.05) is 24.3 Å². The maximum absolute atomic E-state index is 3.65. The van der Waals surface area contributed by atoms with Gasteiger partial charge in [0.25, 0.3) is 0 Å². The zero-order chi connectivity index (χ0) is 12.4. The average Bonchev–Trinajstić information content (AvgIpc) is 3.14. The van der Waals surface area contributed by atoms with Crippen LogP contribution in [0.3, 0.4) is 0 Å². The standard InChI is InChI=1S/C16H23NS/c1-16(8-3-9-18-16)12-17-11-13-4-2-5-15(10-13)14-6-7-14/h2,4-5,10,14,17H,3,6-9,11-12H2,1H3. The van der Waals surface area contributed by atoms with Crippen LogP contribution < -0.4 is 5.32 Å². The van der Waals surface area contributed by atoms with Gasteiger partial charge in [0.05, 0.1) is 0 Å². The quantitative estimate of drug-likeness (QED) is 0.861. The summed E-state index contributed by atoms with van der Waals surface area (Å²) in [6, 6.07) is 9.16. The molecule has 18 heavy (non-hydrogen) atoms. The molecule has 1 nitrogen and oxygen atoms in total. The van der Waals surface area contributed by atoms with Crippen molar-refractivity contribution in [2.24, 2.45) is 0 Å². The molecule has 0 amide bonds. The van der Waals surface area contributed by atoms with Gasteiger partial charge in [-0.3, -0.25) is 0 Å². The minimum Gasteiger partial charge on any atom is -0.311 e. The van der Waals surface area contributed by atoms with Crippen molar-refractivity contribution in [3.05, 3.63) is 35.4 Å². The topological polar surface area (TPSA) is 12.0 Å². The lowest BCUT2D eigenvalue weighted by Crippen LogP contribution is -2.32. The molecule has 1 atom stereocenters. The number of benzene rings is 1. The van der Waals surface area contributed by atoms with Gasteiger partial charge in [-0.2, -0.15) is 11.8 Å². The second-order valence-corrected chi connectivity index (χ2v) is 7.71. The lowest BCUT2D eigenvalue weighted by molar-refractivity contribution is 0.537. The number of hydrogen-bond donors (Lipinski definition) is 1. The van der Waals surface area contributed by atoms with E-state index < -0.39 is 0 Å². The average molecular weight is 261 g/mol. The van der Waals surface area contributed by atoms with Gasteiger partial charge in [-0.15, -0.1) is 0 Å². The van der Waals surface area contributed by atoms with E-state index in [1.54, 1.807) is 5.56 Å². The normalized spacial score (nSPS) is 27.6. The Kier molecular flexibility index (Phi) is 3.67. The van der Waals surface area contributed by atoms with E-state index in [-0.39, 0.29) is 0 Å². The molecule has 1 aromatic carbocycles. The molecule has 0 aromatic heterocycles. The lowest BCUT2D eigenvalue weighted by Gasteiger charge is -2.23. The third-order valence-electron chi connectivity index (χ3n) is 4.13. The van der Waals surface area contributed by atoms with Crippen molar-refractivity contribution in [1.29, 1.82) is 0 Å². The Bertz CT molecular complexity index is 405. The van der Waals surface area contributed by atoms with E-state index in [9.17, 15) is 0 Å². The molecule has 2 fully saturated rings. The fraction of sp³-hybridized carbons (Fsp3) is 0.625. The van der Waals surface area contributed by atoms with E-state index in [4.69, 9.17) is 0 Å². The van der Waals surface area contributed by atoms with Gasteiger partial charge in [-0.25, -0.2) is 0 Å². The molecule has 1 aliphatic carbocycles. The molecular weight excluding hydrogens is 238 g/mol. The summed E-state index contributed by atoms with van der Waals surface area (Å²) in [5.41, 5.74) is 3.00. The summed E-state index contributed by atoms with van der Waals surface area (Å²) in [4.78, 5) is 0. The molecule has 2 heteroatoms. The summed E-state index contributed by atoms with van der Waals surface area (Å²) >= 11 is 2.14. The van der Waals surface area contributed by atoms with Gasteiger partial charge in [0.1, 0.15) is 0 Å². The highest BCUT2D eigenvalue weighted by molar-refractivity contribution is 8.00. The lowest BCUT2D eigenvalue weighted by atomic mass is 10.0. The minimum atomic E-state index is 0.480. The van der Waals surface area contributed by atoms with Gasteiger partial charge in [-0.05, 0) is 55.4 Å². The monoisotopic (exact) mass is 261 g/mol. The molecule has 1 heterocycles. The van der Waals surface area contributed by atoms with E-state index in [0.717, 1.165) is 19.0 Å². The summed E-state index contributed by atoms with van der Waals surface area (Å²) < 4.78 is 0.480. The highest BCUT2D eigenvalue weighted by Gasteiger charge is 2.28. The van der Waals surface area contributed by atoms with Crippen LogP contribution in [0.2, 0.25) is 0 Å². The Morgan fingerprint density at radius 3 is 3.00 bits per heavy atom. The molecule has 98 valence electrons. The van der Waals surface area contributed by atoms with Crippen molar-refractivity contribution in [2.45, 2.75) is 49.8 Å². The van der Waals surface area contributed by atoms with Crippen molar-refractivity contribution in [2.75, 3.05) is 12.3 Å². The summed E-state index contributed by atoms with van der Waals surface area (Å²) in [7, 11) is 0. The van der Waals surface area contributed by atoms with Gasteiger partial charge in [0.2, 0.25) is 0 Å². The maximum atomic E-state index is 3.65. The van der Waals surface area contributed by atoms with Gasteiger partial charge < -0.3 is 5.32 Å². The smallest absolute Gasteiger partial charge is 0.0256 e. The Hall–Kier alpha value is -0.470. The fourth-order valence-corrected chi connectivity index (χ4v) is 4.10. The molecule has 1 aromatic rings. The highest BCUT2D eigenvalue weighted by atomic mass is 32.2. The van der Waals surface area contributed by atoms with Crippen molar-refractivity contribution in [1.82, 2.24) is 5.32 Å². The predicted molar refractivity (Wildman–Crippen MR) is 80.2 cm³/mol. The second kappa shape index (κ2) is 5.26. The third kappa shape index (κ3) is 3.10. The van der Waals surface area contributed by atoms with Crippen LogP contribution in [0.1, 0.15) is 49.7 Å². The number of rotatable bonds is 5. The summed E-state index contributed by atoms with van der Waals surface area (Å²) in [5.74, 6) is 2.21.